The molecule has 0 aliphatic carbocycles. The molecule has 1 aromatic rings. The third-order valence-corrected chi connectivity index (χ3v) is 3.68. The minimum Gasteiger partial charge on any atom is -0.329 e. The summed E-state index contributed by atoms with van der Waals surface area (Å²) in [7, 11) is 0. The number of hydrogen-bond acceptors (Lipinski definition) is 2. The Kier molecular flexibility index (Phi) is 4.02. The Morgan fingerprint density at radius 2 is 2.35 bits per heavy atom. The van der Waals surface area contributed by atoms with E-state index in [-0.39, 0.29) is 11.9 Å². The van der Waals surface area contributed by atoms with Crippen LogP contribution in [-0.2, 0) is 0 Å². The highest BCUT2D eigenvalue weighted by Gasteiger charge is 2.27. The third-order valence-electron chi connectivity index (χ3n) is 3.44. The molecule has 2 atom stereocenters. The second kappa shape index (κ2) is 5.34. The first kappa shape index (κ1) is 12.8. The first-order chi connectivity index (χ1) is 8.11. The number of hydrogen-bond donors (Lipinski definition) is 1. The highest BCUT2D eigenvalue weighted by molar-refractivity contribution is 6.30. The summed E-state index contributed by atoms with van der Waals surface area (Å²) in [5, 5.41) is 0.428. The molecule has 2 rings (SSSR count). The fourth-order valence-electron chi connectivity index (χ4n) is 2.50. The first-order valence-electron chi connectivity index (χ1n) is 6.01. The Morgan fingerprint density at radius 3 is 2.88 bits per heavy atom. The van der Waals surface area contributed by atoms with Crippen LogP contribution in [0.5, 0.6) is 0 Å². The van der Waals surface area contributed by atoms with Crippen LogP contribution in [0.1, 0.15) is 24.9 Å². The number of rotatable bonds is 3. The second-order valence-electron chi connectivity index (χ2n) is 4.81. The van der Waals surface area contributed by atoms with Crippen molar-refractivity contribution in [2.75, 3.05) is 19.6 Å². The molecule has 4 heteroatoms. The van der Waals surface area contributed by atoms with Crippen molar-refractivity contribution in [3.8, 4) is 0 Å². The second-order valence-corrected chi connectivity index (χ2v) is 5.24. The smallest absolute Gasteiger partial charge is 0.129 e. The van der Waals surface area contributed by atoms with Crippen LogP contribution in [0.4, 0.5) is 4.39 Å². The molecule has 94 valence electrons. The van der Waals surface area contributed by atoms with Crippen LogP contribution in [-0.4, -0.2) is 24.5 Å². The van der Waals surface area contributed by atoms with Crippen molar-refractivity contribution in [2.24, 2.45) is 11.7 Å². The van der Waals surface area contributed by atoms with Crippen LogP contribution in [0, 0.1) is 11.7 Å². The average molecular weight is 257 g/mol. The van der Waals surface area contributed by atoms with Gasteiger partial charge in [0.1, 0.15) is 5.82 Å². The molecule has 0 amide bonds. The number of benzene rings is 1. The van der Waals surface area contributed by atoms with Gasteiger partial charge in [0.2, 0.25) is 0 Å². The van der Waals surface area contributed by atoms with Gasteiger partial charge in [-0.1, -0.05) is 24.6 Å². The molecule has 1 aliphatic heterocycles. The Hall–Kier alpha value is -0.640. The predicted molar refractivity (Wildman–Crippen MR) is 68.6 cm³/mol. The van der Waals surface area contributed by atoms with E-state index in [9.17, 15) is 4.39 Å². The summed E-state index contributed by atoms with van der Waals surface area (Å²) < 4.78 is 13.9. The normalized spacial score (nSPS) is 22.9. The number of nitrogens with two attached hydrogens (primary N) is 1. The van der Waals surface area contributed by atoms with Crippen molar-refractivity contribution in [3.63, 3.8) is 0 Å². The molecular weight excluding hydrogens is 239 g/mol. The summed E-state index contributed by atoms with van der Waals surface area (Å²) in [6, 6.07) is 4.80. The Morgan fingerprint density at radius 1 is 1.59 bits per heavy atom. The topological polar surface area (TPSA) is 29.3 Å². The quantitative estimate of drug-likeness (QED) is 0.901. The molecule has 2 unspecified atom stereocenters. The van der Waals surface area contributed by atoms with Crippen molar-refractivity contribution in [2.45, 2.75) is 19.4 Å². The molecule has 2 N–H and O–H groups in total. The van der Waals surface area contributed by atoms with Gasteiger partial charge in [-0.2, -0.15) is 0 Å². The summed E-state index contributed by atoms with van der Waals surface area (Å²) in [5.74, 6) is 0.409. The van der Waals surface area contributed by atoms with E-state index in [0.29, 0.717) is 23.0 Å². The lowest BCUT2D eigenvalue weighted by Crippen LogP contribution is -2.32. The van der Waals surface area contributed by atoms with E-state index in [0.717, 1.165) is 19.5 Å². The maximum atomic E-state index is 13.9. The van der Waals surface area contributed by atoms with Gasteiger partial charge in [-0.25, -0.2) is 4.39 Å². The summed E-state index contributed by atoms with van der Waals surface area (Å²) in [6.07, 6.45) is 1.16. The molecule has 1 aliphatic rings. The van der Waals surface area contributed by atoms with E-state index in [1.54, 1.807) is 12.1 Å². The van der Waals surface area contributed by atoms with E-state index in [2.05, 4.69) is 11.8 Å². The van der Waals surface area contributed by atoms with Crippen molar-refractivity contribution in [3.05, 3.63) is 34.6 Å². The fraction of sp³-hybridized carbons (Fsp3) is 0.538. The summed E-state index contributed by atoms with van der Waals surface area (Å²) in [6.45, 7) is 4.63. The van der Waals surface area contributed by atoms with Gasteiger partial charge in [-0.05, 0) is 31.0 Å². The van der Waals surface area contributed by atoms with Gasteiger partial charge in [0, 0.05) is 29.7 Å². The zero-order valence-electron chi connectivity index (χ0n) is 10.00. The summed E-state index contributed by atoms with van der Waals surface area (Å²) in [4.78, 5) is 2.26. The zero-order valence-corrected chi connectivity index (χ0v) is 10.8. The lowest BCUT2D eigenvalue weighted by atomic mass is 10.0. The van der Waals surface area contributed by atoms with Crippen molar-refractivity contribution in [1.29, 1.82) is 0 Å². The van der Waals surface area contributed by atoms with Gasteiger partial charge < -0.3 is 5.73 Å². The van der Waals surface area contributed by atoms with Gasteiger partial charge in [0.15, 0.2) is 0 Å². The van der Waals surface area contributed by atoms with E-state index >= 15 is 0 Å². The molecule has 0 bridgehead atoms. The lowest BCUT2D eigenvalue weighted by molar-refractivity contribution is 0.238. The largest absolute Gasteiger partial charge is 0.329 e. The van der Waals surface area contributed by atoms with Gasteiger partial charge in [0.05, 0.1) is 0 Å². The van der Waals surface area contributed by atoms with Crippen LogP contribution in [0.15, 0.2) is 18.2 Å². The Labute approximate surface area is 107 Å². The Bertz CT molecular complexity index is 397. The van der Waals surface area contributed by atoms with E-state index in [1.807, 2.05) is 0 Å². The molecule has 1 saturated heterocycles. The molecule has 0 saturated carbocycles. The molecule has 1 heterocycles. The van der Waals surface area contributed by atoms with Crippen LogP contribution < -0.4 is 5.73 Å². The van der Waals surface area contributed by atoms with E-state index in [4.69, 9.17) is 17.3 Å². The summed E-state index contributed by atoms with van der Waals surface area (Å²) in [5.41, 5.74) is 6.45. The first-order valence-corrected chi connectivity index (χ1v) is 6.38. The average Bonchev–Trinajstić information content (AvgIpc) is 2.69. The van der Waals surface area contributed by atoms with E-state index in [1.165, 1.54) is 6.07 Å². The van der Waals surface area contributed by atoms with Gasteiger partial charge in [-0.15, -0.1) is 0 Å². The fourth-order valence-corrected chi connectivity index (χ4v) is 2.66. The highest BCUT2D eigenvalue weighted by Crippen LogP contribution is 2.29. The van der Waals surface area contributed by atoms with Gasteiger partial charge >= 0.3 is 0 Å². The molecule has 0 aromatic heterocycles. The SMILES string of the molecule is CC1CCN(C(CN)c2ccc(Cl)cc2F)C1. The van der Waals surface area contributed by atoms with Gasteiger partial charge in [0.25, 0.3) is 0 Å². The molecular formula is C13H18ClFN2. The zero-order chi connectivity index (χ0) is 12.4. The van der Waals surface area contributed by atoms with Crippen molar-refractivity contribution >= 4 is 11.6 Å². The molecule has 0 spiro atoms. The number of likely N-dealkylation sites (tertiary alicyclic amines) is 1. The maximum Gasteiger partial charge on any atom is 0.129 e. The third kappa shape index (κ3) is 2.79. The van der Waals surface area contributed by atoms with Crippen molar-refractivity contribution in [1.82, 2.24) is 4.90 Å². The molecule has 1 fully saturated rings. The monoisotopic (exact) mass is 256 g/mol. The van der Waals surface area contributed by atoms with Crippen LogP contribution >= 0.6 is 11.6 Å². The molecule has 1 aromatic carbocycles. The molecule has 0 radical (unpaired) electrons. The minimum absolute atomic E-state index is 0.0304. The van der Waals surface area contributed by atoms with Crippen molar-refractivity contribution < 1.29 is 4.39 Å². The maximum absolute atomic E-state index is 13.9. The Balaban J connectivity index is 2.23. The lowest BCUT2D eigenvalue weighted by Gasteiger charge is -2.27. The summed E-state index contributed by atoms with van der Waals surface area (Å²) >= 11 is 5.76. The highest BCUT2D eigenvalue weighted by atomic mass is 35.5. The predicted octanol–water partition coefficient (Wildman–Crippen LogP) is 2.82. The van der Waals surface area contributed by atoms with Crippen LogP contribution in [0.3, 0.4) is 0 Å². The minimum atomic E-state index is -0.257. The number of nitrogens with zero attached hydrogens (tertiary/aromatic N) is 1. The van der Waals surface area contributed by atoms with E-state index < -0.39 is 0 Å². The van der Waals surface area contributed by atoms with Crippen LogP contribution in [0.25, 0.3) is 0 Å². The standard InChI is InChI=1S/C13H18ClFN2/c1-9-4-5-17(8-9)13(7-16)11-3-2-10(14)6-12(11)15/h2-3,6,9,13H,4-5,7-8,16H2,1H3. The molecule has 2 nitrogen and oxygen atoms in total. The van der Waals surface area contributed by atoms with Crippen LogP contribution in [0.2, 0.25) is 5.02 Å². The molecule has 17 heavy (non-hydrogen) atoms. The van der Waals surface area contributed by atoms with Gasteiger partial charge in [-0.3, -0.25) is 4.90 Å². The number of halogens is 2.